The number of non-ortho nitro benzene ring substituents is 1. The number of benzene rings is 1. The lowest BCUT2D eigenvalue weighted by atomic mass is 9.68. The summed E-state index contributed by atoms with van der Waals surface area (Å²) < 4.78 is 26.1. The molecule has 0 bridgehead atoms. The first-order valence-corrected chi connectivity index (χ1v) is 10.1. The van der Waals surface area contributed by atoms with Gasteiger partial charge in [0.25, 0.3) is 21.6 Å². The summed E-state index contributed by atoms with van der Waals surface area (Å²) in [4.78, 5) is 48.1. The fourth-order valence-electron chi connectivity index (χ4n) is 3.96. The Morgan fingerprint density at radius 2 is 1.86 bits per heavy atom. The van der Waals surface area contributed by atoms with Gasteiger partial charge >= 0.3 is 0 Å². The van der Waals surface area contributed by atoms with E-state index in [2.05, 4.69) is 0 Å². The zero-order valence-corrected chi connectivity index (χ0v) is 15.8. The van der Waals surface area contributed by atoms with E-state index in [0.717, 1.165) is 24.3 Å². The van der Waals surface area contributed by atoms with Crippen LogP contribution in [0.15, 0.2) is 41.3 Å². The summed E-state index contributed by atoms with van der Waals surface area (Å²) in [7, 11) is -4.59. The first kappa shape index (κ1) is 19.9. The smallest absolute Gasteiger partial charge is 0.273 e. The molecule has 2 atom stereocenters. The van der Waals surface area contributed by atoms with E-state index in [4.69, 9.17) is 0 Å². The lowest BCUT2D eigenvalue weighted by Gasteiger charge is -2.40. The minimum Gasteiger partial charge on any atom is -0.298 e. The summed E-state index contributed by atoms with van der Waals surface area (Å²) in [6, 6.07) is 3.89. The Kier molecular flexibility index (Phi) is 4.92. The van der Waals surface area contributed by atoms with Crippen LogP contribution in [-0.4, -0.2) is 35.2 Å². The van der Waals surface area contributed by atoms with Crippen LogP contribution in [0.1, 0.15) is 32.6 Å². The zero-order chi connectivity index (χ0) is 20.7. The molecule has 1 heterocycles. The number of allylic oxidation sites excluding steroid dienone is 2. The van der Waals surface area contributed by atoms with Crippen molar-refractivity contribution in [2.24, 2.45) is 11.3 Å². The summed E-state index contributed by atoms with van der Waals surface area (Å²) >= 11 is 0. The van der Waals surface area contributed by atoms with Crippen molar-refractivity contribution in [1.82, 2.24) is 4.31 Å². The molecule has 1 aliphatic carbocycles. The SMILES string of the molecule is C/C=C\[C@@H]1CC(=O)N(S(=O)(=O)c2ccc([N+](=O)[O-])cc2)C(=O)[C@@]12CCCC2=O. The van der Waals surface area contributed by atoms with E-state index in [9.17, 15) is 32.9 Å². The Morgan fingerprint density at radius 3 is 2.36 bits per heavy atom. The van der Waals surface area contributed by atoms with Gasteiger partial charge in [0.1, 0.15) is 11.2 Å². The molecule has 0 radical (unpaired) electrons. The van der Waals surface area contributed by atoms with Crippen molar-refractivity contribution < 1.29 is 27.7 Å². The first-order chi connectivity index (χ1) is 13.2. The molecule has 1 spiro atoms. The normalized spacial score (nSPS) is 25.8. The Bertz CT molecular complexity index is 997. The van der Waals surface area contributed by atoms with Crippen LogP contribution in [0.5, 0.6) is 0 Å². The van der Waals surface area contributed by atoms with E-state index in [0.29, 0.717) is 6.42 Å². The Hall–Kier alpha value is -2.88. The van der Waals surface area contributed by atoms with E-state index < -0.39 is 43.0 Å². The molecule has 1 aromatic carbocycles. The number of hydrogen-bond acceptors (Lipinski definition) is 7. The average Bonchev–Trinajstić information content (AvgIpc) is 3.02. The molecule has 3 rings (SSSR count). The molecule has 28 heavy (non-hydrogen) atoms. The minimum absolute atomic E-state index is 0.152. The van der Waals surface area contributed by atoms with E-state index in [-0.39, 0.29) is 35.0 Å². The predicted molar refractivity (Wildman–Crippen MR) is 96.3 cm³/mol. The van der Waals surface area contributed by atoms with Crippen molar-refractivity contribution in [3.05, 3.63) is 46.5 Å². The molecule has 10 heteroatoms. The van der Waals surface area contributed by atoms with Crippen LogP contribution in [0.25, 0.3) is 0 Å². The van der Waals surface area contributed by atoms with Crippen molar-refractivity contribution in [3.8, 4) is 0 Å². The molecule has 0 aromatic heterocycles. The van der Waals surface area contributed by atoms with Crippen LogP contribution in [0.2, 0.25) is 0 Å². The molecule has 1 saturated carbocycles. The summed E-state index contributed by atoms with van der Waals surface area (Å²) in [6.45, 7) is 1.70. The van der Waals surface area contributed by atoms with Crippen molar-refractivity contribution in [1.29, 1.82) is 0 Å². The number of nitrogens with zero attached hydrogens (tertiary/aromatic N) is 2. The van der Waals surface area contributed by atoms with Gasteiger partial charge in [-0.2, -0.15) is 4.31 Å². The Labute approximate surface area is 161 Å². The summed E-state index contributed by atoms with van der Waals surface area (Å²) in [5, 5.41) is 10.8. The minimum atomic E-state index is -4.59. The van der Waals surface area contributed by atoms with E-state index in [1.807, 2.05) is 0 Å². The van der Waals surface area contributed by atoms with Gasteiger partial charge in [-0.25, -0.2) is 8.42 Å². The van der Waals surface area contributed by atoms with Crippen molar-refractivity contribution in [2.45, 2.75) is 37.5 Å². The van der Waals surface area contributed by atoms with E-state index >= 15 is 0 Å². The highest BCUT2D eigenvalue weighted by Gasteiger charge is 2.61. The van der Waals surface area contributed by atoms with Crippen molar-refractivity contribution in [2.75, 3.05) is 0 Å². The highest BCUT2D eigenvalue weighted by Crippen LogP contribution is 2.49. The first-order valence-electron chi connectivity index (χ1n) is 8.69. The third-order valence-electron chi connectivity index (χ3n) is 5.30. The molecule has 1 saturated heterocycles. The number of hydrogen-bond donors (Lipinski definition) is 0. The third-order valence-corrected chi connectivity index (χ3v) is 7.02. The number of piperidine rings is 1. The molecular weight excluding hydrogens is 388 g/mol. The Morgan fingerprint density at radius 1 is 1.21 bits per heavy atom. The topological polar surface area (TPSA) is 132 Å². The number of sulfonamides is 1. The van der Waals surface area contributed by atoms with Crippen molar-refractivity contribution in [3.63, 3.8) is 0 Å². The number of nitro groups is 1. The van der Waals surface area contributed by atoms with Gasteiger partial charge in [0.05, 0.1) is 9.82 Å². The van der Waals surface area contributed by atoms with Crippen LogP contribution in [0.4, 0.5) is 5.69 Å². The molecule has 0 N–H and O–H groups in total. The molecule has 0 unspecified atom stereocenters. The average molecular weight is 406 g/mol. The second-order valence-corrected chi connectivity index (χ2v) is 8.59. The molecule has 148 valence electrons. The van der Waals surface area contributed by atoms with E-state index in [1.165, 1.54) is 0 Å². The van der Waals surface area contributed by atoms with Gasteiger partial charge in [-0.15, -0.1) is 0 Å². The van der Waals surface area contributed by atoms with Crippen LogP contribution in [-0.2, 0) is 24.4 Å². The third kappa shape index (κ3) is 2.84. The van der Waals surface area contributed by atoms with Gasteiger partial charge in [0.2, 0.25) is 5.91 Å². The molecule has 9 nitrogen and oxygen atoms in total. The summed E-state index contributed by atoms with van der Waals surface area (Å²) in [5.41, 5.74) is -1.89. The Balaban J connectivity index is 2.08. The number of ketones is 1. The van der Waals surface area contributed by atoms with Crippen LogP contribution in [0, 0.1) is 21.4 Å². The largest absolute Gasteiger partial charge is 0.298 e. The zero-order valence-electron chi connectivity index (χ0n) is 15.0. The monoisotopic (exact) mass is 406 g/mol. The lowest BCUT2D eigenvalue weighted by Crippen LogP contribution is -2.59. The lowest BCUT2D eigenvalue weighted by molar-refractivity contribution is -0.384. The van der Waals surface area contributed by atoms with Gasteiger partial charge in [0, 0.05) is 30.9 Å². The molecule has 2 aliphatic rings. The van der Waals surface area contributed by atoms with Gasteiger partial charge < -0.3 is 0 Å². The summed E-state index contributed by atoms with van der Waals surface area (Å²) in [6.07, 6.45) is 3.73. The number of imide groups is 1. The highest BCUT2D eigenvalue weighted by molar-refractivity contribution is 7.90. The summed E-state index contributed by atoms with van der Waals surface area (Å²) in [5.74, 6) is -3.00. The number of carbonyl (C=O) groups excluding carboxylic acids is 3. The molecule has 1 aliphatic heterocycles. The molecular formula is C18H18N2O7S. The predicted octanol–water partition coefficient (Wildman–Crippen LogP) is 1.97. The maximum Gasteiger partial charge on any atom is 0.273 e. The fourth-order valence-corrected chi connectivity index (χ4v) is 5.37. The quantitative estimate of drug-likeness (QED) is 0.245. The van der Waals surface area contributed by atoms with Gasteiger partial charge in [0.15, 0.2) is 0 Å². The van der Waals surface area contributed by atoms with Crippen molar-refractivity contribution >= 4 is 33.3 Å². The number of nitro benzene ring substituents is 1. The van der Waals surface area contributed by atoms with Gasteiger partial charge in [-0.3, -0.25) is 24.5 Å². The number of carbonyl (C=O) groups is 3. The second kappa shape index (κ2) is 6.93. The fraction of sp³-hybridized carbons (Fsp3) is 0.389. The molecule has 2 fully saturated rings. The number of Topliss-reactive ketones (excluding diaryl/α,β-unsaturated/α-hetero) is 1. The maximum absolute atomic E-state index is 13.2. The highest BCUT2D eigenvalue weighted by atomic mass is 32.2. The standard InChI is InChI=1S/C18H18N2O7S/c1-2-4-12-11-16(22)19(17(23)18(12)10-3-5-15(18)21)28(26,27)14-8-6-13(7-9-14)20(24)25/h2,4,6-9,12H,3,5,10-11H2,1H3/b4-2-/t12-,18+/m1/s1. The van der Waals surface area contributed by atoms with Crippen LogP contribution in [0.3, 0.4) is 0 Å². The number of rotatable bonds is 4. The molecule has 2 amide bonds. The second-order valence-electron chi connectivity index (χ2n) is 6.80. The maximum atomic E-state index is 13.2. The van der Waals surface area contributed by atoms with Gasteiger partial charge in [-0.1, -0.05) is 12.2 Å². The van der Waals surface area contributed by atoms with Crippen LogP contribution >= 0.6 is 0 Å². The van der Waals surface area contributed by atoms with E-state index in [1.54, 1.807) is 19.1 Å². The molecule has 1 aromatic rings. The van der Waals surface area contributed by atoms with Crippen LogP contribution < -0.4 is 0 Å². The van der Waals surface area contributed by atoms with Gasteiger partial charge in [-0.05, 0) is 31.9 Å². The number of amides is 2.